The molecule has 0 bridgehead atoms. The monoisotopic (exact) mass is 417 g/mol. The number of benzene rings is 1. The maximum Gasteiger partial charge on any atom is 0.205 e. The molecular weight excluding hydrogens is 386 g/mol. The van der Waals surface area contributed by atoms with Crippen molar-refractivity contribution in [3.63, 3.8) is 0 Å². The number of aliphatic imine (C=N–C) groups is 1. The fourth-order valence-electron chi connectivity index (χ4n) is 3.63. The molecule has 3 rings (SSSR count). The summed E-state index contributed by atoms with van der Waals surface area (Å²) in [5.41, 5.74) is 1.68. The zero-order valence-corrected chi connectivity index (χ0v) is 18.6. The van der Waals surface area contributed by atoms with Crippen molar-refractivity contribution in [2.45, 2.75) is 75.3 Å². The number of nitrogens with zero attached hydrogens (tertiary/aromatic N) is 1. The van der Waals surface area contributed by atoms with E-state index in [4.69, 9.17) is 0 Å². The molecule has 0 N–H and O–H groups in total. The van der Waals surface area contributed by atoms with Crippen LogP contribution in [0.5, 0.6) is 0 Å². The highest BCUT2D eigenvalue weighted by Crippen LogP contribution is 2.41. The van der Waals surface area contributed by atoms with Gasteiger partial charge in [0.1, 0.15) is 0 Å². The Hall–Kier alpha value is -1.33. The predicted molar refractivity (Wildman–Crippen MR) is 122 cm³/mol. The second-order valence-corrected chi connectivity index (χ2v) is 11.3. The van der Waals surface area contributed by atoms with Gasteiger partial charge in [-0.1, -0.05) is 99.4 Å². The van der Waals surface area contributed by atoms with E-state index in [0.29, 0.717) is 0 Å². The summed E-state index contributed by atoms with van der Waals surface area (Å²) in [4.78, 5) is 4.55. The molecule has 1 aromatic rings. The number of hydrogen-bond donors (Lipinski definition) is 0. The van der Waals surface area contributed by atoms with Gasteiger partial charge in [0, 0.05) is 0 Å². The molecule has 0 saturated heterocycles. The van der Waals surface area contributed by atoms with Crippen LogP contribution in [0.25, 0.3) is 0 Å². The Morgan fingerprint density at radius 1 is 1.00 bits per heavy atom. The summed E-state index contributed by atoms with van der Waals surface area (Å²) in [5.74, 6) is 0.0202. The van der Waals surface area contributed by atoms with Gasteiger partial charge in [-0.3, -0.25) is 4.99 Å². The Labute approximate surface area is 174 Å². The van der Waals surface area contributed by atoms with Crippen LogP contribution in [-0.2, 0) is 22.0 Å². The van der Waals surface area contributed by atoms with E-state index in [1.165, 1.54) is 55.9 Å². The van der Waals surface area contributed by atoms with Gasteiger partial charge in [0.15, 0.2) is 4.38 Å². The van der Waals surface area contributed by atoms with Crippen molar-refractivity contribution in [3.8, 4) is 0 Å². The first-order valence-corrected chi connectivity index (χ1v) is 12.9. The van der Waals surface area contributed by atoms with Gasteiger partial charge in [-0.2, -0.15) is 0 Å². The maximum atomic E-state index is 12.9. The van der Waals surface area contributed by atoms with Crippen molar-refractivity contribution in [2.24, 2.45) is 4.99 Å². The number of rotatable bonds is 9. The first-order valence-electron chi connectivity index (χ1n) is 10.4. The van der Waals surface area contributed by atoms with Crippen LogP contribution in [0.2, 0.25) is 0 Å². The van der Waals surface area contributed by atoms with Crippen molar-refractivity contribution in [1.82, 2.24) is 0 Å². The van der Waals surface area contributed by atoms with Crippen LogP contribution < -0.4 is 0 Å². The van der Waals surface area contributed by atoms with Crippen LogP contribution in [0.1, 0.15) is 63.5 Å². The predicted octanol–water partition coefficient (Wildman–Crippen LogP) is 5.86. The van der Waals surface area contributed by atoms with Crippen LogP contribution in [0, 0.1) is 0 Å². The van der Waals surface area contributed by atoms with E-state index in [9.17, 15) is 8.42 Å². The Balaban J connectivity index is 1.54. The maximum absolute atomic E-state index is 12.9. The Bertz CT molecular complexity index is 853. The minimum Gasteiger partial charge on any atom is -0.255 e. The lowest BCUT2D eigenvalue weighted by atomic mass is 9.94. The first kappa shape index (κ1) is 21.4. The fourth-order valence-corrected chi connectivity index (χ4v) is 6.80. The molecule has 0 spiro atoms. The molecule has 5 heteroatoms. The van der Waals surface area contributed by atoms with Crippen molar-refractivity contribution >= 4 is 26.0 Å². The lowest BCUT2D eigenvalue weighted by molar-refractivity contribution is 0.602. The molecule has 0 fully saturated rings. The molecular formula is C23H31NO2S2. The van der Waals surface area contributed by atoms with E-state index >= 15 is 0 Å². The molecule has 0 radical (unpaired) electrons. The molecule has 1 heterocycles. The zero-order valence-electron chi connectivity index (χ0n) is 16.9. The second kappa shape index (κ2) is 9.45. The molecule has 2 unspecified atom stereocenters. The van der Waals surface area contributed by atoms with Gasteiger partial charge in [0.2, 0.25) is 9.84 Å². The van der Waals surface area contributed by atoms with Crippen LogP contribution in [-0.4, -0.2) is 23.6 Å². The van der Waals surface area contributed by atoms with Gasteiger partial charge in [-0.15, -0.1) is 0 Å². The standard InChI is InChI=1S/C23H31NO2S2/c1-3-4-5-6-7-8-11-19-13-15-20(16-14-19)18-28(25,26)22-24-23(2)17-10-9-12-21(23)27-22/h9-10,12-17,21H,3-8,11,18H2,1-2H3. The lowest BCUT2D eigenvalue weighted by Gasteiger charge is -2.23. The fraction of sp³-hybridized carbons (Fsp3) is 0.522. The number of sulfone groups is 1. The molecule has 1 aromatic carbocycles. The second-order valence-electron chi connectivity index (χ2n) is 7.98. The summed E-state index contributed by atoms with van der Waals surface area (Å²) >= 11 is 1.37. The van der Waals surface area contributed by atoms with Gasteiger partial charge in [0.05, 0.1) is 16.5 Å². The molecule has 0 saturated carbocycles. The molecule has 0 aromatic heterocycles. The van der Waals surface area contributed by atoms with Crippen LogP contribution in [0.15, 0.2) is 53.6 Å². The number of thioether (sulfide) groups is 1. The highest BCUT2D eigenvalue weighted by atomic mass is 32.3. The number of unbranched alkanes of at least 4 members (excludes halogenated alkanes) is 5. The van der Waals surface area contributed by atoms with Crippen LogP contribution in [0.4, 0.5) is 0 Å². The van der Waals surface area contributed by atoms with E-state index in [-0.39, 0.29) is 15.4 Å². The molecule has 3 nitrogen and oxygen atoms in total. The summed E-state index contributed by atoms with van der Waals surface area (Å²) < 4.78 is 26.0. The molecule has 0 amide bonds. The number of allylic oxidation sites excluding steroid dienone is 2. The van der Waals surface area contributed by atoms with Gasteiger partial charge in [0.25, 0.3) is 0 Å². The van der Waals surface area contributed by atoms with E-state index in [1.54, 1.807) is 0 Å². The first-order chi connectivity index (χ1) is 13.4. The summed E-state index contributed by atoms with van der Waals surface area (Å²) in [7, 11) is -3.41. The Morgan fingerprint density at radius 2 is 1.68 bits per heavy atom. The quantitative estimate of drug-likeness (QED) is 0.473. The topological polar surface area (TPSA) is 46.5 Å². The molecule has 152 valence electrons. The normalized spacial score (nSPS) is 23.6. The minimum atomic E-state index is -3.41. The molecule has 2 atom stereocenters. The average Bonchev–Trinajstić information content (AvgIpc) is 3.04. The number of aryl methyl sites for hydroxylation is 1. The van der Waals surface area contributed by atoms with Crippen LogP contribution >= 0.6 is 11.8 Å². The molecule has 1 aliphatic heterocycles. The van der Waals surface area contributed by atoms with Crippen molar-refractivity contribution in [3.05, 3.63) is 59.7 Å². The summed E-state index contributed by atoms with van der Waals surface area (Å²) in [5, 5.41) is 0.0713. The highest BCUT2D eigenvalue weighted by molar-refractivity contribution is 8.35. The van der Waals surface area contributed by atoms with E-state index < -0.39 is 15.4 Å². The van der Waals surface area contributed by atoms with Gasteiger partial charge in [-0.05, 0) is 30.9 Å². The third-order valence-electron chi connectivity index (χ3n) is 5.43. The lowest BCUT2D eigenvalue weighted by Crippen LogP contribution is -2.29. The average molecular weight is 418 g/mol. The van der Waals surface area contributed by atoms with Gasteiger partial charge >= 0.3 is 0 Å². The highest BCUT2D eigenvalue weighted by Gasteiger charge is 2.42. The SMILES string of the molecule is CCCCCCCCc1ccc(CS(=O)(=O)C2=NC3(C)C=CC=CC3S2)cc1. The number of hydrogen-bond acceptors (Lipinski definition) is 4. The summed E-state index contributed by atoms with van der Waals surface area (Å²) in [6.07, 6.45) is 16.7. The van der Waals surface area contributed by atoms with E-state index in [2.05, 4.69) is 24.0 Å². The van der Waals surface area contributed by atoms with Gasteiger partial charge in [-0.25, -0.2) is 8.42 Å². The van der Waals surface area contributed by atoms with E-state index in [0.717, 1.165) is 12.0 Å². The third kappa shape index (κ3) is 5.38. The van der Waals surface area contributed by atoms with Crippen LogP contribution in [0.3, 0.4) is 0 Å². The van der Waals surface area contributed by atoms with E-state index in [1.807, 2.05) is 43.4 Å². The Kier molecular flexibility index (Phi) is 7.21. The summed E-state index contributed by atoms with van der Waals surface area (Å²) in [6.45, 7) is 4.23. The minimum absolute atomic E-state index is 0.0202. The molecule has 28 heavy (non-hydrogen) atoms. The molecule has 1 aliphatic carbocycles. The smallest absolute Gasteiger partial charge is 0.205 e. The summed E-state index contributed by atoms with van der Waals surface area (Å²) in [6, 6.07) is 8.07. The largest absolute Gasteiger partial charge is 0.255 e. The van der Waals surface area contributed by atoms with Crippen molar-refractivity contribution in [2.75, 3.05) is 0 Å². The third-order valence-corrected chi connectivity index (χ3v) is 9.00. The van der Waals surface area contributed by atoms with Gasteiger partial charge < -0.3 is 0 Å². The van der Waals surface area contributed by atoms with Crippen molar-refractivity contribution < 1.29 is 8.42 Å². The van der Waals surface area contributed by atoms with Crippen molar-refractivity contribution in [1.29, 1.82) is 0 Å². The number of fused-ring (bicyclic) bond motifs is 1. The molecule has 2 aliphatic rings. The Morgan fingerprint density at radius 3 is 2.39 bits per heavy atom. The zero-order chi connectivity index (χ0) is 20.0.